The molecule has 0 radical (unpaired) electrons. The summed E-state index contributed by atoms with van der Waals surface area (Å²) in [4.78, 5) is 4.44. The Balaban J connectivity index is 2.30. The SMILES string of the molecule is CCCNC(C)c1ncc(-c2ccccc2C(C)(C)C)o1. The molecule has 0 fully saturated rings. The van der Waals surface area contributed by atoms with Crippen molar-refractivity contribution in [2.45, 2.75) is 52.5 Å². The van der Waals surface area contributed by atoms with Crippen molar-refractivity contribution in [3.8, 4) is 11.3 Å². The number of hydrogen-bond acceptors (Lipinski definition) is 3. The summed E-state index contributed by atoms with van der Waals surface area (Å²) in [5.41, 5.74) is 2.49. The summed E-state index contributed by atoms with van der Waals surface area (Å²) < 4.78 is 5.99. The molecule has 0 aliphatic rings. The highest BCUT2D eigenvalue weighted by Gasteiger charge is 2.21. The molecule has 21 heavy (non-hydrogen) atoms. The van der Waals surface area contributed by atoms with Gasteiger partial charge < -0.3 is 9.73 Å². The number of hydrogen-bond donors (Lipinski definition) is 1. The summed E-state index contributed by atoms with van der Waals surface area (Å²) in [5.74, 6) is 1.60. The molecule has 0 saturated carbocycles. The molecular formula is C18H26N2O. The van der Waals surface area contributed by atoms with Crippen molar-refractivity contribution in [2.24, 2.45) is 0 Å². The van der Waals surface area contributed by atoms with E-state index in [-0.39, 0.29) is 11.5 Å². The molecule has 0 spiro atoms. The van der Waals surface area contributed by atoms with Crippen molar-refractivity contribution in [1.82, 2.24) is 10.3 Å². The molecule has 114 valence electrons. The Morgan fingerprint density at radius 1 is 1.24 bits per heavy atom. The van der Waals surface area contributed by atoms with Crippen LogP contribution >= 0.6 is 0 Å². The van der Waals surface area contributed by atoms with E-state index in [9.17, 15) is 0 Å². The molecule has 1 N–H and O–H groups in total. The zero-order chi connectivity index (χ0) is 15.5. The maximum Gasteiger partial charge on any atom is 0.211 e. The third-order valence-electron chi connectivity index (χ3n) is 3.60. The zero-order valence-electron chi connectivity index (χ0n) is 13.7. The molecule has 1 atom stereocenters. The number of rotatable bonds is 5. The summed E-state index contributed by atoms with van der Waals surface area (Å²) in [6.07, 6.45) is 2.94. The Morgan fingerprint density at radius 3 is 2.62 bits per heavy atom. The molecular weight excluding hydrogens is 260 g/mol. The molecule has 1 aromatic carbocycles. The fourth-order valence-electron chi connectivity index (χ4n) is 2.41. The smallest absolute Gasteiger partial charge is 0.211 e. The Morgan fingerprint density at radius 2 is 1.95 bits per heavy atom. The summed E-state index contributed by atoms with van der Waals surface area (Å²) in [7, 11) is 0. The molecule has 0 aliphatic carbocycles. The quantitative estimate of drug-likeness (QED) is 0.865. The van der Waals surface area contributed by atoms with E-state index in [0.717, 1.165) is 30.2 Å². The zero-order valence-corrected chi connectivity index (χ0v) is 13.7. The average Bonchev–Trinajstić information content (AvgIpc) is 2.93. The normalized spacial score (nSPS) is 13.4. The van der Waals surface area contributed by atoms with Gasteiger partial charge in [0.05, 0.1) is 12.2 Å². The molecule has 1 heterocycles. The van der Waals surface area contributed by atoms with Gasteiger partial charge in [-0.05, 0) is 30.9 Å². The molecule has 0 amide bonds. The first kappa shape index (κ1) is 15.8. The van der Waals surface area contributed by atoms with Crippen LogP contribution in [0.4, 0.5) is 0 Å². The van der Waals surface area contributed by atoms with Gasteiger partial charge in [0.1, 0.15) is 0 Å². The van der Waals surface area contributed by atoms with Gasteiger partial charge in [0.15, 0.2) is 5.76 Å². The van der Waals surface area contributed by atoms with Crippen molar-refractivity contribution in [3.63, 3.8) is 0 Å². The number of nitrogens with one attached hydrogen (secondary N) is 1. The van der Waals surface area contributed by atoms with Gasteiger partial charge in [-0.1, -0.05) is 52.0 Å². The maximum atomic E-state index is 5.99. The molecule has 2 aromatic rings. The van der Waals surface area contributed by atoms with Crippen molar-refractivity contribution in [1.29, 1.82) is 0 Å². The second-order valence-electron chi connectivity index (χ2n) is 6.53. The van der Waals surface area contributed by atoms with Crippen molar-refractivity contribution in [3.05, 3.63) is 41.9 Å². The van der Waals surface area contributed by atoms with Crippen LogP contribution in [0.25, 0.3) is 11.3 Å². The molecule has 0 bridgehead atoms. The average molecular weight is 286 g/mol. The largest absolute Gasteiger partial charge is 0.439 e. The first-order chi connectivity index (χ1) is 9.93. The first-order valence-corrected chi connectivity index (χ1v) is 7.72. The molecule has 2 rings (SSSR count). The van der Waals surface area contributed by atoms with Gasteiger partial charge in [-0.25, -0.2) is 4.98 Å². The molecule has 0 aliphatic heterocycles. The molecule has 1 unspecified atom stereocenters. The maximum absolute atomic E-state index is 5.99. The highest BCUT2D eigenvalue weighted by molar-refractivity contribution is 5.63. The van der Waals surface area contributed by atoms with E-state index < -0.39 is 0 Å². The van der Waals surface area contributed by atoms with Gasteiger partial charge in [0.25, 0.3) is 0 Å². The van der Waals surface area contributed by atoms with Crippen LogP contribution < -0.4 is 5.32 Å². The van der Waals surface area contributed by atoms with Crippen molar-refractivity contribution >= 4 is 0 Å². The minimum atomic E-state index is 0.0790. The van der Waals surface area contributed by atoms with Crippen molar-refractivity contribution in [2.75, 3.05) is 6.54 Å². The number of aromatic nitrogens is 1. The van der Waals surface area contributed by atoms with E-state index in [1.165, 1.54) is 5.56 Å². The van der Waals surface area contributed by atoms with Gasteiger partial charge in [-0.15, -0.1) is 0 Å². The van der Waals surface area contributed by atoms with E-state index in [4.69, 9.17) is 4.42 Å². The van der Waals surface area contributed by atoms with Crippen molar-refractivity contribution < 1.29 is 4.42 Å². The van der Waals surface area contributed by atoms with E-state index in [2.05, 4.69) is 63.1 Å². The fourth-order valence-corrected chi connectivity index (χ4v) is 2.41. The van der Waals surface area contributed by atoms with Crippen LogP contribution in [-0.2, 0) is 5.41 Å². The number of benzene rings is 1. The van der Waals surface area contributed by atoms with E-state index in [0.29, 0.717) is 0 Å². The van der Waals surface area contributed by atoms with Gasteiger partial charge in [-0.3, -0.25) is 0 Å². The third kappa shape index (κ3) is 3.73. The Kier molecular flexibility index (Phi) is 4.84. The lowest BCUT2D eigenvalue weighted by molar-refractivity contribution is 0.422. The summed E-state index contributed by atoms with van der Waals surface area (Å²) >= 11 is 0. The van der Waals surface area contributed by atoms with Crippen LogP contribution in [-0.4, -0.2) is 11.5 Å². The van der Waals surface area contributed by atoms with Crippen LogP contribution in [0, 0.1) is 0 Å². The van der Waals surface area contributed by atoms with Crippen LogP contribution in [0.1, 0.15) is 58.5 Å². The molecule has 1 aromatic heterocycles. The predicted molar refractivity (Wildman–Crippen MR) is 87.3 cm³/mol. The summed E-state index contributed by atoms with van der Waals surface area (Å²) in [6.45, 7) is 11.9. The lowest BCUT2D eigenvalue weighted by atomic mass is 9.83. The van der Waals surface area contributed by atoms with Gasteiger partial charge in [0, 0.05) is 5.56 Å². The lowest BCUT2D eigenvalue weighted by Gasteiger charge is -2.21. The van der Waals surface area contributed by atoms with E-state index in [1.807, 2.05) is 12.3 Å². The van der Waals surface area contributed by atoms with Crippen LogP contribution in [0.3, 0.4) is 0 Å². The lowest BCUT2D eigenvalue weighted by Crippen LogP contribution is -2.19. The van der Waals surface area contributed by atoms with E-state index in [1.54, 1.807) is 0 Å². The predicted octanol–water partition coefficient (Wildman–Crippen LogP) is 4.70. The first-order valence-electron chi connectivity index (χ1n) is 7.72. The van der Waals surface area contributed by atoms with Gasteiger partial charge >= 0.3 is 0 Å². The monoisotopic (exact) mass is 286 g/mol. The molecule has 3 heteroatoms. The van der Waals surface area contributed by atoms with Crippen LogP contribution in [0.2, 0.25) is 0 Å². The third-order valence-corrected chi connectivity index (χ3v) is 3.60. The molecule has 3 nitrogen and oxygen atoms in total. The minimum absolute atomic E-state index is 0.0790. The second kappa shape index (κ2) is 6.44. The Bertz CT molecular complexity index is 581. The fraction of sp³-hybridized carbons (Fsp3) is 0.500. The summed E-state index contributed by atoms with van der Waals surface area (Å²) in [5, 5.41) is 3.40. The van der Waals surface area contributed by atoms with Crippen LogP contribution in [0.15, 0.2) is 34.9 Å². The van der Waals surface area contributed by atoms with Crippen LogP contribution in [0.5, 0.6) is 0 Å². The Labute approximate surface area is 127 Å². The number of oxazole rings is 1. The Hall–Kier alpha value is -1.61. The van der Waals surface area contributed by atoms with E-state index >= 15 is 0 Å². The topological polar surface area (TPSA) is 38.1 Å². The highest BCUT2D eigenvalue weighted by atomic mass is 16.4. The summed E-state index contributed by atoms with van der Waals surface area (Å²) in [6, 6.07) is 8.53. The van der Waals surface area contributed by atoms with Gasteiger partial charge in [0.2, 0.25) is 5.89 Å². The highest BCUT2D eigenvalue weighted by Crippen LogP contribution is 2.33. The number of nitrogens with zero attached hydrogens (tertiary/aromatic N) is 1. The standard InChI is InChI=1S/C18H26N2O/c1-6-11-19-13(2)17-20-12-16(21-17)14-9-7-8-10-15(14)18(3,4)5/h7-10,12-13,19H,6,11H2,1-5H3. The minimum Gasteiger partial charge on any atom is -0.439 e. The van der Waals surface area contributed by atoms with Gasteiger partial charge in [-0.2, -0.15) is 0 Å². The molecule has 0 saturated heterocycles. The second-order valence-corrected chi connectivity index (χ2v) is 6.53.